The fourth-order valence-electron chi connectivity index (χ4n) is 2.83. The zero-order valence-electron chi connectivity index (χ0n) is 16.0. The maximum absolute atomic E-state index is 13.3. The molecule has 0 fully saturated rings. The Morgan fingerprint density at radius 2 is 1.69 bits per heavy atom. The zero-order valence-corrected chi connectivity index (χ0v) is 16.9. The quantitative estimate of drug-likeness (QED) is 0.669. The summed E-state index contributed by atoms with van der Waals surface area (Å²) in [6, 6.07) is 12.2. The van der Waals surface area contributed by atoms with Crippen molar-refractivity contribution in [2.24, 2.45) is 0 Å². The molecule has 2 aromatic carbocycles. The number of carbonyl (C=O) groups is 1. The third-order valence-corrected chi connectivity index (χ3v) is 5.44. The first-order valence-corrected chi connectivity index (χ1v) is 9.58. The van der Waals surface area contributed by atoms with E-state index in [1.807, 2.05) is 57.1 Å². The molecule has 0 saturated carbocycles. The van der Waals surface area contributed by atoms with Crippen LogP contribution in [0.25, 0.3) is 10.2 Å². The van der Waals surface area contributed by atoms with Crippen LogP contribution in [0.3, 0.4) is 0 Å². The molecule has 3 aromatic rings. The number of thiazole rings is 1. The maximum Gasteiger partial charge on any atom is 0.260 e. The van der Waals surface area contributed by atoms with Gasteiger partial charge in [0, 0.05) is 18.7 Å². The van der Waals surface area contributed by atoms with Gasteiger partial charge in [-0.05, 0) is 64.2 Å². The minimum atomic E-state index is 0.0174. The Kier molecular flexibility index (Phi) is 5.39. The van der Waals surface area contributed by atoms with Gasteiger partial charge < -0.3 is 4.90 Å². The van der Waals surface area contributed by atoms with Crippen LogP contribution in [0, 0.1) is 20.8 Å². The minimum absolute atomic E-state index is 0.0174. The summed E-state index contributed by atoms with van der Waals surface area (Å²) in [4.78, 5) is 22.0. The molecule has 0 bridgehead atoms. The Balaban J connectivity index is 2.03. The van der Waals surface area contributed by atoms with E-state index in [9.17, 15) is 4.79 Å². The number of likely N-dealkylation sites (N-methyl/N-ethyl adjacent to an activating group) is 1. The van der Waals surface area contributed by atoms with Gasteiger partial charge in [-0.1, -0.05) is 35.1 Å². The number of anilines is 1. The maximum atomic E-state index is 13.3. The molecule has 1 aromatic heterocycles. The second-order valence-electron chi connectivity index (χ2n) is 7.05. The van der Waals surface area contributed by atoms with E-state index in [-0.39, 0.29) is 5.91 Å². The predicted molar refractivity (Wildman–Crippen MR) is 111 cm³/mol. The van der Waals surface area contributed by atoms with Crippen LogP contribution < -0.4 is 4.90 Å². The van der Waals surface area contributed by atoms with Crippen LogP contribution in [-0.2, 0) is 0 Å². The van der Waals surface area contributed by atoms with E-state index in [4.69, 9.17) is 4.98 Å². The lowest BCUT2D eigenvalue weighted by atomic mass is 10.0. The largest absolute Gasteiger partial charge is 0.308 e. The van der Waals surface area contributed by atoms with Crippen molar-refractivity contribution in [1.82, 2.24) is 9.88 Å². The van der Waals surface area contributed by atoms with Gasteiger partial charge in [-0.25, -0.2) is 4.98 Å². The van der Waals surface area contributed by atoms with E-state index in [1.165, 1.54) is 5.56 Å². The fraction of sp³-hybridized carbons (Fsp3) is 0.333. The number of aryl methyl sites for hydroxylation is 3. The van der Waals surface area contributed by atoms with Crippen LogP contribution in [-0.4, -0.2) is 43.0 Å². The van der Waals surface area contributed by atoms with E-state index >= 15 is 0 Å². The fourth-order valence-corrected chi connectivity index (χ4v) is 3.92. The van der Waals surface area contributed by atoms with Crippen molar-refractivity contribution in [3.05, 3.63) is 58.7 Å². The molecule has 0 aliphatic carbocycles. The smallest absolute Gasteiger partial charge is 0.260 e. The number of nitrogens with zero attached hydrogens (tertiary/aromatic N) is 3. The van der Waals surface area contributed by atoms with Crippen molar-refractivity contribution in [2.75, 3.05) is 32.1 Å². The molecule has 0 atom stereocenters. The summed E-state index contributed by atoms with van der Waals surface area (Å²) in [7, 11) is 4.03. The average Bonchev–Trinajstić information content (AvgIpc) is 2.99. The Morgan fingerprint density at radius 3 is 2.42 bits per heavy atom. The number of hydrogen-bond donors (Lipinski definition) is 0. The van der Waals surface area contributed by atoms with Crippen LogP contribution in [0.4, 0.5) is 5.13 Å². The van der Waals surface area contributed by atoms with E-state index in [0.717, 1.165) is 38.6 Å². The summed E-state index contributed by atoms with van der Waals surface area (Å²) in [5.41, 5.74) is 4.98. The van der Waals surface area contributed by atoms with Crippen molar-refractivity contribution in [1.29, 1.82) is 0 Å². The van der Waals surface area contributed by atoms with Gasteiger partial charge >= 0.3 is 0 Å². The average molecular weight is 368 g/mol. The first kappa shape index (κ1) is 18.5. The molecule has 0 unspecified atom stereocenters. The lowest BCUT2D eigenvalue weighted by Gasteiger charge is -2.23. The van der Waals surface area contributed by atoms with Crippen molar-refractivity contribution in [2.45, 2.75) is 20.8 Å². The Bertz CT molecular complexity index is 946. The second-order valence-corrected chi connectivity index (χ2v) is 8.06. The van der Waals surface area contributed by atoms with Crippen LogP contribution in [0.1, 0.15) is 27.0 Å². The normalized spacial score (nSPS) is 11.3. The van der Waals surface area contributed by atoms with Gasteiger partial charge in [-0.15, -0.1) is 0 Å². The molecule has 136 valence electrons. The standard InChI is InChI=1S/C21H25N3OS/c1-14-6-8-16(3)17(12-14)20(25)24(11-10-23(4)5)21-22-18-9-7-15(2)13-19(18)26-21/h6-9,12-13H,10-11H2,1-5H3. The van der Waals surface area contributed by atoms with Crippen LogP contribution in [0.2, 0.25) is 0 Å². The lowest BCUT2D eigenvalue weighted by molar-refractivity contribution is 0.0984. The van der Waals surface area contributed by atoms with Gasteiger partial charge in [0.2, 0.25) is 0 Å². The molecule has 1 amide bonds. The number of hydrogen-bond acceptors (Lipinski definition) is 4. The number of carbonyl (C=O) groups excluding carboxylic acids is 1. The Labute approximate surface area is 159 Å². The first-order chi connectivity index (χ1) is 12.3. The molecule has 3 rings (SSSR count). The van der Waals surface area contributed by atoms with Gasteiger partial charge in [-0.2, -0.15) is 0 Å². The number of rotatable bonds is 5. The molecule has 1 heterocycles. The topological polar surface area (TPSA) is 36.4 Å². The Morgan fingerprint density at radius 1 is 1.00 bits per heavy atom. The van der Waals surface area contributed by atoms with Gasteiger partial charge in [0.05, 0.1) is 10.2 Å². The molecule has 0 aliphatic rings. The summed E-state index contributed by atoms with van der Waals surface area (Å²) in [6.45, 7) is 7.47. The summed E-state index contributed by atoms with van der Waals surface area (Å²) >= 11 is 1.58. The van der Waals surface area contributed by atoms with Crippen molar-refractivity contribution in [3.8, 4) is 0 Å². The molecular weight excluding hydrogens is 342 g/mol. The van der Waals surface area contributed by atoms with Gasteiger partial charge in [-0.3, -0.25) is 9.69 Å². The molecule has 4 nitrogen and oxygen atoms in total. The van der Waals surface area contributed by atoms with Gasteiger partial charge in [0.25, 0.3) is 5.91 Å². The number of amides is 1. The highest BCUT2D eigenvalue weighted by molar-refractivity contribution is 7.22. The monoisotopic (exact) mass is 367 g/mol. The molecule has 0 spiro atoms. The minimum Gasteiger partial charge on any atom is -0.308 e. The predicted octanol–water partition coefficient (Wildman–Crippen LogP) is 4.43. The third-order valence-electron chi connectivity index (χ3n) is 4.40. The highest BCUT2D eigenvalue weighted by atomic mass is 32.1. The summed E-state index contributed by atoms with van der Waals surface area (Å²) < 4.78 is 1.11. The third kappa shape index (κ3) is 3.94. The zero-order chi connectivity index (χ0) is 18.8. The summed E-state index contributed by atoms with van der Waals surface area (Å²) in [5.74, 6) is 0.0174. The molecule has 0 radical (unpaired) electrons. The van der Waals surface area contributed by atoms with E-state index < -0.39 is 0 Å². The highest BCUT2D eigenvalue weighted by Gasteiger charge is 2.22. The number of aromatic nitrogens is 1. The molecular formula is C21H25N3OS. The number of fused-ring (bicyclic) bond motifs is 1. The van der Waals surface area contributed by atoms with Crippen LogP contribution in [0.5, 0.6) is 0 Å². The summed E-state index contributed by atoms with van der Waals surface area (Å²) in [6.07, 6.45) is 0. The van der Waals surface area contributed by atoms with E-state index in [1.54, 1.807) is 11.3 Å². The summed E-state index contributed by atoms with van der Waals surface area (Å²) in [5, 5.41) is 0.762. The molecule has 5 heteroatoms. The molecule has 26 heavy (non-hydrogen) atoms. The van der Waals surface area contributed by atoms with E-state index in [2.05, 4.69) is 24.0 Å². The van der Waals surface area contributed by atoms with Crippen LogP contribution in [0.15, 0.2) is 36.4 Å². The molecule has 0 saturated heterocycles. The van der Waals surface area contributed by atoms with Crippen molar-refractivity contribution >= 4 is 32.6 Å². The lowest BCUT2D eigenvalue weighted by Crippen LogP contribution is -2.37. The Hall–Kier alpha value is -2.24. The highest BCUT2D eigenvalue weighted by Crippen LogP contribution is 2.30. The van der Waals surface area contributed by atoms with Gasteiger partial charge in [0.15, 0.2) is 5.13 Å². The number of benzene rings is 2. The SMILES string of the molecule is Cc1ccc(C)c(C(=O)N(CCN(C)C)c2nc3ccc(C)cc3s2)c1. The van der Waals surface area contributed by atoms with Crippen molar-refractivity contribution in [3.63, 3.8) is 0 Å². The van der Waals surface area contributed by atoms with Crippen LogP contribution >= 0.6 is 11.3 Å². The molecule has 0 aliphatic heterocycles. The second kappa shape index (κ2) is 7.56. The van der Waals surface area contributed by atoms with Gasteiger partial charge in [0.1, 0.15) is 0 Å². The van der Waals surface area contributed by atoms with E-state index in [0.29, 0.717) is 6.54 Å². The first-order valence-electron chi connectivity index (χ1n) is 8.76. The molecule has 0 N–H and O–H groups in total. The van der Waals surface area contributed by atoms with Crippen molar-refractivity contribution < 1.29 is 4.79 Å².